The quantitative estimate of drug-likeness (QED) is 0.424. The highest BCUT2D eigenvalue weighted by atomic mass is 16.5. The van der Waals surface area contributed by atoms with E-state index in [4.69, 9.17) is 14.5 Å². The molecule has 1 atom stereocenters. The number of ether oxygens (including phenoxy) is 2. The summed E-state index contributed by atoms with van der Waals surface area (Å²) in [5, 5.41) is 27.6. The van der Waals surface area contributed by atoms with E-state index in [1.165, 1.54) is 0 Å². The average Bonchev–Trinajstić information content (AvgIpc) is 3.52. The number of hydrogen-bond acceptors (Lipinski definition) is 8. The van der Waals surface area contributed by atoms with Crippen molar-refractivity contribution >= 4 is 23.1 Å². The number of fused-ring (bicyclic) bond motifs is 4. The van der Waals surface area contributed by atoms with Gasteiger partial charge in [-0.3, -0.25) is 19.7 Å². The number of aromatic amines is 1. The van der Waals surface area contributed by atoms with Crippen molar-refractivity contribution in [2.24, 2.45) is 7.05 Å². The fourth-order valence-electron chi connectivity index (χ4n) is 4.88. The number of aliphatic hydroxyl groups is 1. The molecule has 37 heavy (non-hydrogen) atoms. The van der Waals surface area contributed by atoms with E-state index in [1.807, 2.05) is 43.8 Å². The molecule has 5 rings (SSSR count). The molecule has 0 aliphatic carbocycles. The van der Waals surface area contributed by atoms with Gasteiger partial charge in [0.1, 0.15) is 6.61 Å². The molecule has 1 aliphatic heterocycles. The van der Waals surface area contributed by atoms with Crippen molar-refractivity contribution in [3.05, 3.63) is 34.9 Å². The zero-order valence-corrected chi connectivity index (χ0v) is 22.0. The minimum absolute atomic E-state index is 0.0173. The van der Waals surface area contributed by atoms with Gasteiger partial charge < -0.3 is 14.6 Å². The third kappa shape index (κ3) is 4.60. The molecular weight excluding hydrogens is 472 g/mol. The molecule has 0 spiro atoms. The van der Waals surface area contributed by atoms with E-state index in [1.54, 1.807) is 10.9 Å². The lowest BCUT2D eigenvalue weighted by molar-refractivity contribution is 0.136. The Hall–Kier alpha value is -3.70. The molecule has 0 aromatic carbocycles. The van der Waals surface area contributed by atoms with Crippen molar-refractivity contribution in [3.63, 3.8) is 0 Å². The highest BCUT2D eigenvalue weighted by Crippen LogP contribution is 2.34. The molecule has 4 aromatic heterocycles. The molecule has 0 unspecified atom stereocenters. The SMILES string of the molecule is CCOc1nn(CCO)c2c1/C=C/c1n[nH]c3cnc(cc13)-c1c(C)nn(C)c1OC[C@@H](C)N(CC)C2. The first-order valence-electron chi connectivity index (χ1n) is 12.7. The van der Waals surface area contributed by atoms with Crippen LogP contribution in [0.5, 0.6) is 11.8 Å². The summed E-state index contributed by atoms with van der Waals surface area (Å²) in [4.78, 5) is 7.02. The number of aryl methyl sites for hydroxylation is 2. The molecule has 5 heterocycles. The van der Waals surface area contributed by atoms with Crippen molar-refractivity contribution in [1.29, 1.82) is 0 Å². The first kappa shape index (κ1) is 25.0. The Kier molecular flexibility index (Phi) is 6.98. The number of aliphatic hydroxyl groups excluding tert-OH is 1. The monoisotopic (exact) mass is 506 g/mol. The number of aromatic nitrogens is 7. The summed E-state index contributed by atoms with van der Waals surface area (Å²) in [6.07, 6.45) is 5.77. The van der Waals surface area contributed by atoms with Gasteiger partial charge in [-0.1, -0.05) is 6.92 Å². The molecule has 11 heteroatoms. The smallest absolute Gasteiger partial charge is 0.240 e. The van der Waals surface area contributed by atoms with Gasteiger partial charge in [-0.2, -0.15) is 10.2 Å². The van der Waals surface area contributed by atoms with Crippen LogP contribution in [0.2, 0.25) is 0 Å². The Morgan fingerprint density at radius 3 is 2.84 bits per heavy atom. The number of likely N-dealkylation sites (N-methyl/N-ethyl adjacent to an activating group) is 1. The summed E-state index contributed by atoms with van der Waals surface area (Å²) in [5.74, 6) is 1.23. The highest BCUT2D eigenvalue weighted by molar-refractivity contribution is 5.92. The zero-order chi connectivity index (χ0) is 26.1. The molecule has 2 bridgehead atoms. The highest BCUT2D eigenvalue weighted by Gasteiger charge is 2.25. The molecule has 1 aliphatic rings. The number of hydrogen-bond donors (Lipinski definition) is 2. The summed E-state index contributed by atoms with van der Waals surface area (Å²) in [6, 6.07) is 2.12. The van der Waals surface area contributed by atoms with Crippen molar-refractivity contribution in [1.82, 2.24) is 39.6 Å². The largest absolute Gasteiger partial charge is 0.476 e. The molecule has 0 radical (unpaired) electrons. The second-order valence-corrected chi connectivity index (χ2v) is 9.21. The van der Waals surface area contributed by atoms with Crippen LogP contribution in [0.3, 0.4) is 0 Å². The predicted molar refractivity (Wildman–Crippen MR) is 141 cm³/mol. The Bertz CT molecular complexity index is 1430. The molecule has 0 fully saturated rings. The minimum atomic E-state index is -0.0173. The van der Waals surface area contributed by atoms with Gasteiger partial charge in [0.25, 0.3) is 0 Å². The maximum atomic E-state index is 9.73. The van der Waals surface area contributed by atoms with Gasteiger partial charge in [0.2, 0.25) is 11.8 Å². The van der Waals surface area contributed by atoms with Gasteiger partial charge in [-0.25, -0.2) is 4.68 Å². The third-order valence-electron chi connectivity index (χ3n) is 6.81. The molecular formula is C26H34N8O3. The number of nitrogens with one attached hydrogen (secondary N) is 1. The topological polar surface area (TPSA) is 119 Å². The van der Waals surface area contributed by atoms with Crippen molar-refractivity contribution in [2.75, 3.05) is 26.4 Å². The van der Waals surface area contributed by atoms with Gasteiger partial charge in [0.05, 0.1) is 65.4 Å². The van der Waals surface area contributed by atoms with Crippen LogP contribution < -0.4 is 9.47 Å². The maximum absolute atomic E-state index is 9.73. The lowest BCUT2D eigenvalue weighted by atomic mass is 10.1. The number of rotatable bonds is 5. The van der Waals surface area contributed by atoms with Gasteiger partial charge >= 0.3 is 0 Å². The fraction of sp³-hybridized carbons (Fsp3) is 0.462. The van der Waals surface area contributed by atoms with Crippen molar-refractivity contribution in [2.45, 2.75) is 46.8 Å². The van der Waals surface area contributed by atoms with E-state index in [0.29, 0.717) is 38.1 Å². The normalized spacial score (nSPS) is 17.2. The fourth-order valence-corrected chi connectivity index (χ4v) is 4.88. The van der Waals surface area contributed by atoms with Crippen LogP contribution in [0, 0.1) is 6.92 Å². The molecule has 0 saturated carbocycles. The maximum Gasteiger partial charge on any atom is 0.240 e. The minimum Gasteiger partial charge on any atom is -0.476 e. The predicted octanol–water partition coefficient (Wildman–Crippen LogP) is 3.03. The third-order valence-corrected chi connectivity index (χ3v) is 6.81. The Morgan fingerprint density at radius 1 is 1.24 bits per heavy atom. The molecule has 0 amide bonds. The zero-order valence-electron chi connectivity index (χ0n) is 22.0. The summed E-state index contributed by atoms with van der Waals surface area (Å²) < 4.78 is 15.9. The van der Waals surface area contributed by atoms with Crippen LogP contribution in [0.4, 0.5) is 0 Å². The molecule has 11 nitrogen and oxygen atoms in total. The lowest BCUT2D eigenvalue weighted by Crippen LogP contribution is -2.37. The summed E-state index contributed by atoms with van der Waals surface area (Å²) >= 11 is 0. The van der Waals surface area contributed by atoms with Crippen LogP contribution in [-0.2, 0) is 20.1 Å². The summed E-state index contributed by atoms with van der Waals surface area (Å²) in [6.45, 7) is 10.9. The van der Waals surface area contributed by atoms with Crippen LogP contribution in [-0.4, -0.2) is 77.2 Å². The van der Waals surface area contributed by atoms with Gasteiger partial charge in [-0.15, -0.1) is 5.10 Å². The van der Waals surface area contributed by atoms with Gasteiger partial charge in [-0.05, 0) is 45.5 Å². The first-order valence-corrected chi connectivity index (χ1v) is 12.7. The Morgan fingerprint density at radius 2 is 2.08 bits per heavy atom. The van der Waals surface area contributed by atoms with E-state index in [9.17, 15) is 5.11 Å². The van der Waals surface area contributed by atoms with Gasteiger partial charge in [0.15, 0.2) is 0 Å². The molecule has 2 N–H and O–H groups in total. The number of nitrogens with zero attached hydrogens (tertiary/aromatic N) is 7. The van der Waals surface area contributed by atoms with E-state index in [-0.39, 0.29) is 12.6 Å². The average molecular weight is 507 g/mol. The summed E-state index contributed by atoms with van der Waals surface area (Å²) in [5.41, 5.74) is 5.98. The number of H-pyrrole nitrogens is 1. The van der Waals surface area contributed by atoms with E-state index >= 15 is 0 Å². The van der Waals surface area contributed by atoms with Crippen LogP contribution in [0.25, 0.3) is 34.3 Å². The van der Waals surface area contributed by atoms with E-state index < -0.39 is 0 Å². The van der Waals surface area contributed by atoms with Crippen LogP contribution >= 0.6 is 0 Å². The first-order chi connectivity index (χ1) is 17.9. The lowest BCUT2D eigenvalue weighted by Gasteiger charge is -2.28. The van der Waals surface area contributed by atoms with E-state index in [2.05, 4.69) is 39.1 Å². The van der Waals surface area contributed by atoms with Crippen molar-refractivity contribution in [3.8, 4) is 23.0 Å². The van der Waals surface area contributed by atoms with Gasteiger partial charge in [0, 0.05) is 25.0 Å². The van der Waals surface area contributed by atoms with E-state index in [0.717, 1.165) is 51.4 Å². The van der Waals surface area contributed by atoms with Crippen molar-refractivity contribution < 1.29 is 14.6 Å². The second kappa shape index (κ2) is 10.3. The summed E-state index contributed by atoms with van der Waals surface area (Å²) in [7, 11) is 1.89. The second-order valence-electron chi connectivity index (χ2n) is 9.21. The van der Waals surface area contributed by atoms with Crippen LogP contribution in [0.15, 0.2) is 12.3 Å². The standard InChI is InChI=1S/C26H34N8O3/c1-6-33-14-23-18(25(36-7-2)31-34(23)10-11-35)8-9-20-19-12-21(27-13-22(19)29-28-20)24-17(4)30-32(5)26(24)37-15-16(33)3/h8-9,12-13,16,35H,6-7,10-11,14-15H2,1-5H3,(H,28,29)/b9-8+/t16-/m1/s1. The molecule has 196 valence electrons. The Balaban J connectivity index is 1.71. The van der Waals surface area contributed by atoms with Crippen LogP contribution in [0.1, 0.15) is 43.4 Å². The number of pyridine rings is 1. The molecule has 4 aromatic rings. The Labute approximate surface area is 215 Å². The molecule has 0 saturated heterocycles.